The Balaban J connectivity index is 0. The minimum Gasteiger partial charge on any atom is -1.00 e. The van der Waals surface area contributed by atoms with Crippen molar-refractivity contribution in [2.24, 2.45) is 0 Å². The zero-order chi connectivity index (χ0) is 22.3. The van der Waals surface area contributed by atoms with Crippen LogP contribution in [0.1, 0.15) is 122 Å². The van der Waals surface area contributed by atoms with Crippen molar-refractivity contribution >= 4 is 18.5 Å². The minimum atomic E-state index is 0. The second-order valence-electron chi connectivity index (χ2n) is 9.86. The van der Waals surface area contributed by atoms with Gasteiger partial charge in [-0.15, -0.1) is 0 Å². The predicted octanol–water partition coefficient (Wildman–Crippen LogP) is 4.15. The first-order chi connectivity index (χ1) is 14.5. The molecule has 1 N–H and O–H groups in total. The Hall–Kier alpha value is 0.0700. The van der Waals surface area contributed by atoms with Gasteiger partial charge in [0.1, 0.15) is 0 Å². The Kier molecular flexibility index (Phi) is 26.5. The number of halogens is 1. The Bertz CT molecular complexity index is 380. The van der Waals surface area contributed by atoms with Crippen molar-refractivity contribution in [3.63, 3.8) is 0 Å². The molecule has 3 nitrogen and oxygen atoms in total. The van der Waals surface area contributed by atoms with E-state index in [1.54, 1.807) is 0 Å². The Morgan fingerprint density at radius 2 is 1.13 bits per heavy atom. The Morgan fingerprint density at radius 1 is 0.677 bits per heavy atom. The number of carbonyl (C=O) groups is 1. The normalized spacial score (nSPS) is 11.4. The highest BCUT2D eigenvalue weighted by atomic mass is 35.5. The smallest absolute Gasteiger partial charge is 0.219 e. The lowest BCUT2D eigenvalue weighted by molar-refractivity contribution is -0.890. The van der Waals surface area contributed by atoms with Gasteiger partial charge in [0, 0.05) is 19.4 Å². The van der Waals surface area contributed by atoms with Crippen LogP contribution in [0.15, 0.2) is 0 Å². The van der Waals surface area contributed by atoms with Crippen molar-refractivity contribution in [2.45, 2.75) is 122 Å². The molecule has 0 aromatic rings. The van der Waals surface area contributed by atoms with Gasteiger partial charge in [-0.25, -0.2) is 0 Å². The van der Waals surface area contributed by atoms with Crippen LogP contribution in [0.4, 0.5) is 0 Å². The molecule has 31 heavy (non-hydrogen) atoms. The summed E-state index contributed by atoms with van der Waals surface area (Å²) in [4.78, 5) is 12.0. The van der Waals surface area contributed by atoms with Gasteiger partial charge in [0.25, 0.3) is 0 Å². The molecule has 0 rings (SSSR count). The third kappa shape index (κ3) is 26.2. The lowest BCUT2D eigenvalue weighted by Gasteiger charge is -2.30. The fourth-order valence-electron chi connectivity index (χ4n) is 4.07. The SMILES string of the molecule is CCCCCCCCCC[N+](C)(C)CCCNC(=O)CCCCCCCCCCS.[Cl-]. The molecule has 0 saturated carbocycles. The molecule has 0 aliphatic rings. The standard InChI is InChI=1S/C26H54N2OS.ClH/c1-4-5-6-7-8-12-15-18-23-28(2,3)24-20-22-27-26(29)21-17-14-11-9-10-13-16-19-25-30;/h4-25H2,1-3H3,(H-,27,29,30);1H. The molecule has 0 bridgehead atoms. The van der Waals surface area contributed by atoms with E-state index in [4.69, 9.17) is 0 Å². The average Bonchev–Trinajstić information content (AvgIpc) is 2.72. The minimum absolute atomic E-state index is 0. The van der Waals surface area contributed by atoms with Gasteiger partial charge in [0.05, 0.1) is 27.2 Å². The third-order valence-corrected chi connectivity index (χ3v) is 6.51. The monoisotopic (exact) mass is 478 g/mol. The zero-order valence-electron chi connectivity index (χ0n) is 21.2. The lowest BCUT2D eigenvalue weighted by Crippen LogP contribution is -3.00. The maximum atomic E-state index is 12.0. The van der Waals surface area contributed by atoms with Gasteiger partial charge in [-0.3, -0.25) is 4.79 Å². The molecule has 5 heteroatoms. The number of thiol groups is 1. The van der Waals surface area contributed by atoms with Gasteiger partial charge in [-0.05, 0) is 31.4 Å². The molecule has 0 fully saturated rings. The number of hydrogen-bond acceptors (Lipinski definition) is 2. The van der Waals surface area contributed by atoms with Crippen molar-refractivity contribution in [3.8, 4) is 0 Å². The molecule has 0 aliphatic carbocycles. The van der Waals surface area contributed by atoms with Crippen molar-refractivity contribution in [2.75, 3.05) is 39.5 Å². The number of hydrogen-bond donors (Lipinski definition) is 2. The number of quaternary nitrogens is 1. The first kappa shape index (κ1) is 33.2. The summed E-state index contributed by atoms with van der Waals surface area (Å²) < 4.78 is 1.08. The molecule has 0 unspecified atom stereocenters. The van der Waals surface area contributed by atoms with Gasteiger partial charge in [0.15, 0.2) is 0 Å². The number of nitrogens with one attached hydrogen (secondary N) is 1. The van der Waals surface area contributed by atoms with E-state index in [9.17, 15) is 4.79 Å². The molecule has 0 radical (unpaired) electrons. The summed E-state index contributed by atoms with van der Waals surface area (Å²) in [7, 11) is 4.67. The summed E-state index contributed by atoms with van der Waals surface area (Å²) in [6.07, 6.45) is 23.0. The van der Waals surface area contributed by atoms with Crippen molar-refractivity contribution in [1.82, 2.24) is 5.32 Å². The molecule has 0 heterocycles. The number of rotatable bonds is 23. The Labute approximate surface area is 207 Å². The molecule has 0 aromatic heterocycles. The largest absolute Gasteiger partial charge is 1.00 e. The quantitative estimate of drug-likeness (QED) is 0.129. The lowest BCUT2D eigenvalue weighted by atomic mass is 10.1. The second-order valence-corrected chi connectivity index (χ2v) is 10.3. The third-order valence-electron chi connectivity index (χ3n) is 6.19. The molecule has 1 amide bonds. The molecule has 0 saturated heterocycles. The van der Waals surface area contributed by atoms with Crippen LogP contribution in [0.2, 0.25) is 0 Å². The van der Waals surface area contributed by atoms with Crippen LogP contribution in [0, 0.1) is 0 Å². The highest BCUT2D eigenvalue weighted by Crippen LogP contribution is 2.11. The van der Waals surface area contributed by atoms with E-state index in [0.29, 0.717) is 6.42 Å². The average molecular weight is 479 g/mol. The summed E-state index contributed by atoms with van der Waals surface area (Å²) in [5.74, 6) is 1.27. The van der Waals surface area contributed by atoms with Crippen molar-refractivity contribution in [1.29, 1.82) is 0 Å². The number of unbranched alkanes of at least 4 members (excludes halogenated alkanes) is 14. The van der Waals surface area contributed by atoms with Gasteiger partial charge < -0.3 is 22.2 Å². The van der Waals surface area contributed by atoms with Crippen LogP contribution in [0.25, 0.3) is 0 Å². The molecular weight excluding hydrogens is 424 g/mol. The van der Waals surface area contributed by atoms with E-state index in [2.05, 4.69) is 39.0 Å². The zero-order valence-corrected chi connectivity index (χ0v) is 22.9. The number of nitrogens with zero attached hydrogens (tertiary/aromatic N) is 1. The summed E-state index contributed by atoms with van der Waals surface area (Å²) in [6, 6.07) is 0. The van der Waals surface area contributed by atoms with Crippen LogP contribution < -0.4 is 17.7 Å². The fourth-order valence-corrected chi connectivity index (χ4v) is 4.29. The van der Waals surface area contributed by atoms with Crippen LogP contribution in [-0.4, -0.2) is 49.9 Å². The molecule has 0 aromatic carbocycles. The maximum Gasteiger partial charge on any atom is 0.219 e. The maximum absolute atomic E-state index is 12.0. The van der Waals surface area contributed by atoms with E-state index in [0.717, 1.165) is 36.2 Å². The first-order valence-electron chi connectivity index (χ1n) is 13.2. The molecule has 0 spiro atoms. The second kappa shape index (κ2) is 24.7. The van der Waals surface area contributed by atoms with Gasteiger partial charge in [-0.1, -0.05) is 84.0 Å². The van der Waals surface area contributed by atoms with Gasteiger partial charge in [-0.2, -0.15) is 12.6 Å². The summed E-state index contributed by atoms with van der Waals surface area (Å²) in [5.41, 5.74) is 0. The van der Waals surface area contributed by atoms with Crippen LogP contribution in [-0.2, 0) is 4.79 Å². The van der Waals surface area contributed by atoms with Crippen LogP contribution in [0.5, 0.6) is 0 Å². The first-order valence-corrected chi connectivity index (χ1v) is 13.8. The van der Waals surface area contributed by atoms with E-state index in [1.165, 1.54) is 103 Å². The fraction of sp³-hybridized carbons (Fsp3) is 0.962. The van der Waals surface area contributed by atoms with Crippen LogP contribution in [0.3, 0.4) is 0 Å². The van der Waals surface area contributed by atoms with Crippen molar-refractivity contribution in [3.05, 3.63) is 0 Å². The summed E-state index contributed by atoms with van der Waals surface area (Å²) in [5, 5.41) is 3.13. The van der Waals surface area contributed by atoms with Crippen LogP contribution >= 0.6 is 12.6 Å². The van der Waals surface area contributed by atoms with E-state index in [1.807, 2.05) is 0 Å². The predicted molar refractivity (Wildman–Crippen MR) is 137 cm³/mol. The summed E-state index contributed by atoms with van der Waals surface area (Å²) >= 11 is 4.25. The highest BCUT2D eigenvalue weighted by Gasteiger charge is 2.14. The van der Waals surface area contributed by atoms with E-state index < -0.39 is 0 Å². The highest BCUT2D eigenvalue weighted by molar-refractivity contribution is 7.80. The van der Waals surface area contributed by atoms with Crippen molar-refractivity contribution < 1.29 is 21.7 Å². The van der Waals surface area contributed by atoms with Gasteiger partial charge >= 0.3 is 0 Å². The molecule has 188 valence electrons. The molecular formula is C26H55ClN2OS. The Morgan fingerprint density at radius 3 is 1.68 bits per heavy atom. The van der Waals surface area contributed by atoms with E-state index >= 15 is 0 Å². The molecule has 0 aliphatic heterocycles. The number of carbonyl (C=O) groups excluding carboxylic acids is 1. The topological polar surface area (TPSA) is 29.1 Å². The number of amides is 1. The summed E-state index contributed by atoms with van der Waals surface area (Å²) in [6.45, 7) is 5.53. The van der Waals surface area contributed by atoms with E-state index in [-0.39, 0.29) is 18.3 Å². The molecule has 0 atom stereocenters. The van der Waals surface area contributed by atoms with Gasteiger partial charge in [0.2, 0.25) is 5.91 Å².